The van der Waals surface area contributed by atoms with Crippen LogP contribution in [0.2, 0.25) is 0 Å². The fraction of sp³-hybridized carbons (Fsp3) is 0.692. The van der Waals surface area contributed by atoms with E-state index in [9.17, 15) is 14.7 Å². The third-order valence-electron chi connectivity index (χ3n) is 2.94. The SMILES string of the molecule is O=C([O-])CCCC(=O)NCCC1=CCCCC1. The summed E-state index contributed by atoms with van der Waals surface area (Å²) in [6, 6.07) is 0. The van der Waals surface area contributed by atoms with Crippen LogP contribution in [-0.4, -0.2) is 18.4 Å². The lowest BCUT2D eigenvalue weighted by Gasteiger charge is -2.12. The quantitative estimate of drug-likeness (QED) is 0.670. The second-order valence-electron chi connectivity index (χ2n) is 4.43. The van der Waals surface area contributed by atoms with E-state index in [2.05, 4.69) is 11.4 Å². The molecule has 96 valence electrons. The van der Waals surface area contributed by atoms with Crippen molar-refractivity contribution < 1.29 is 14.7 Å². The first-order valence-electron chi connectivity index (χ1n) is 6.33. The van der Waals surface area contributed by atoms with Gasteiger partial charge >= 0.3 is 0 Å². The monoisotopic (exact) mass is 238 g/mol. The van der Waals surface area contributed by atoms with E-state index in [1.165, 1.54) is 18.4 Å². The van der Waals surface area contributed by atoms with Gasteiger partial charge < -0.3 is 15.2 Å². The normalized spacial score (nSPS) is 15.2. The summed E-state index contributed by atoms with van der Waals surface area (Å²) in [4.78, 5) is 21.5. The predicted octanol–water partition coefficient (Wildman–Crippen LogP) is 0.913. The Kier molecular flexibility index (Phi) is 6.37. The number of hydrogen-bond acceptors (Lipinski definition) is 3. The van der Waals surface area contributed by atoms with Gasteiger partial charge in [0.05, 0.1) is 0 Å². The fourth-order valence-electron chi connectivity index (χ4n) is 1.98. The summed E-state index contributed by atoms with van der Waals surface area (Å²) in [6.07, 6.45) is 8.63. The topological polar surface area (TPSA) is 69.2 Å². The lowest BCUT2D eigenvalue weighted by atomic mass is 9.97. The summed E-state index contributed by atoms with van der Waals surface area (Å²) in [5.41, 5.74) is 1.44. The third-order valence-corrected chi connectivity index (χ3v) is 2.94. The van der Waals surface area contributed by atoms with Crippen LogP contribution in [0.15, 0.2) is 11.6 Å². The summed E-state index contributed by atoms with van der Waals surface area (Å²) in [7, 11) is 0. The summed E-state index contributed by atoms with van der Waals surface area (Å²) in [5.74, 6) is -1.16. The smallest absolute Gasteiger partial charge is 0.220 e. The van der Waals surface area contributed by atoms with Crippen LogP contribution in [0.3, 0.4) is 0 Å². The number of nitrogens with one attached hydrogen (secondary N) is 1. The molecule has 0 fully saturated rings. The average molecular weight is 238 g/mol. The Morgan fingerprint density at radius 2 is 2.12 bits per heavy atom. The van der Waals surface area contributed by atoms with Crippen molar-refractivity contribution in [2.75, 3.05) is 6.54 Å². The largest absolute Gasteiger partial charge is 0.550 e. The molecule has 1 aliphatic carbocycles. The number of carbonyl (C=O) groups is 2. The Hall–Kier alpha value is -1.32. The lowest BCUT2D eigenvalue weighted by molar-refractivity contribution is -0.305. The minimum atomic E-state index is -1.09. The molecule has 0 saturated heterocycles. The minimum absolute atomic E-state index is 0.0431. The molecule has 0 unspecified atom stereocenters. The molecule has 4 nitrogen and oxygen atoms in total. The molecule has 0 aromatic carbocycles. The van der Waals surface area contributed by atoms with Crippen LogP contribution < -0.4 is 10.4 Å². The molecule has 0 aromatic rings. The van der Waals surface area contributed by atoms with E-state index in [0.717, 1.165) is 19.3 Å². The van der Waals surface area contributed by atoms with Gasteiger partial charge in [0.25, 0.3) is 0 Å². The number of carboxylic acid groups (broad SMARTS) is 1. The standard InChI is InChI=1S/C13H21NO3/c15-12(7-4-8-13(16)17)14-10-9-11-5-2-1-3-6-11/h5H,1-4,6-10H2,(H,14,15)(H,16,17)/p-1. The van der Waals surface area contributed by atoms with Crippen LogP contribution in [0.4, 0.5) is 0 Å². The van der Waals surface area contributed by atoms with Crippen molar-refractivity contribution in [3.05, 3.63) is 11.6 Å². The van der Waals surface area contributed by atoms with Crippen LogP contribution in [0.1, 0.15) is 51.4 Å². The molecule has 1 aliphatic rings. The van der Waals surface area contributed by atoms with Gasteiger partial charge in [0.2, 0.25) is 5.91 Å². The Balaban J connectivity index is 2.03. The molecule has 0 aromatic heterocycles. The molecule has 1 rings (SSSR count). The summed E-state index contributed by atoms with van der Waals surface area (Å²) >= 11 is 0. The highest BCUT2D eigenvalue weighted by molar-refractivity contribution is 5.76. The summed E-state index contributed by atoms with van der Waals surface area (Å²) < 4.78 is 0. The van der Waals surface area contributed by atoms with Gasteiger partial charge in [0.1, 0.15) is 0 Å². The molecule has 0 spiro atoms. The molecule has 0 aliphatic heterocycles. The van der Waals surface area contributed by atoms with Crippen molar-refractivity contribution in [3.63, 3.8) is 0 Å². The maximum atomic E-state index is 11.3. The highest BCUT2D eigenvalue weighted by Crippen LogP contribution is 2.19. The molecule has 1 N–H and O–H groups in total. The number of rotatable bonds is 7. The molecule has 0 radical (unpaired) electrons. The van der Waals surface area contributed by atoms with E-state index in [1.807, 2.05) is 0 Å². The van der Waals surface area contributed by atoms with Crippen LogP contribution in [0, 0.1) is 0 Å². The zero-order valence-corrected chi connectivity index (χ0v) is 10.2. The van der Waals surface area contributed by atoms with E-state index in [-0.39, 0.29) is 18.7 Å². The number of carboxylic acids is 1. The maximum Gasteiger partial charge on any atom is 0.220 e. The molecular formula is C13H20NO3-. The van der Waals surface area contributed by atoms with Crippen molar-refractivity contribution in [3.8, 4) is 0 Å². The van der Waals surface area contributed by atoms with Gasteiger partial charge in [-0.3, -0.25) is 4.79 Å². The molecule has 4 heteroatoms. The highest BCUT2D eigenvalue weighted by atomic mass is 16.4. The fourth-order valence-corrected chi connectivity index (χ4v) is 1.98. The Bertz CT molecular complexity index is 297. The number of aliphatic carboxylic acids is 1. The van der Waals surface area contributed by atoms with Gasteiger partial charge in [0.15, 0.2) is 0 Å². The molecule has 0 atom stereocenters. The van der Waals surface area contributed by atoms with Gasteiger partial charge in [-0.15, -0.1) is 0 Å². The van der Waals surface area contributed by atoms with Crippen molar-refractivity contribution in [1.82, 2.24) is 5.32 Å². The second-order valence-corrected chi connectivity index (χ2v) is 4.43. The van der Waals surface area contributed by atoms with Gasteiger partial charge in [0, 0.05) is 18.9 Å². The number of hydrogen-bond donors (Lipinski definition) is 1. The van der Waals surface area contributed by atoms with Gasteiger partial charge in [-0.05, 0) is 44.9 Å². The van der Waals surface area contributed by atoms with Gasteiger partial charge in [-0.1, -0.05) is 11.6 Å². The van der Waals surface area contributed by atoms with E-state index < -0.39 is 5.97 Å². The number of carbonyl (C=O) groups excluding carboxylic acids is 2. The number of allylic oxidation sites excluding steroid dienone is 1. The summed E-state index contributed by atoms with van der Waals surface area (Å²) in [6.45, 7) is 0.663. The molecule has 0 bridgehead atoms. The van der Waals surface area contributed by atoms with Crippen LogP contribution in [0.5, 0.6) is 0 Å². The lowest BCUT2D eigenvalue weighted by Crippen LogP contribution is -2.26. The highest BCUT2D eigenvalue weighted by Gasteiger charge is 2.05. The second kappa shape index (κ2) is 7.87. The molecule has 1 amide bonds. The van der Waals surface area contributed by atoms with E-state index in [0.29, 0.717) is 13.0 Å². The van der Waals surface area contributed by atoms with Crippen LogP contribution in [-0.2, 0) is 9.59 Å². The van der Waals surface area contributed by atoms with Crippen molar-refractivity contribution in [2.45, 2.75) is 51.4 Å². The average Bonchev–Trinajstić information content (AvgIpc) is 2.30. The van der Waals surface area contributed by atoms with Crippen LogP contribution >= 0.6 is 0 Å². The van der Waals surface area contributed by atoms with Gasteiger partial charge in [-0.2, -0.15) is 0 Å². The first-order chi connectivity index (χ1) is 8.18. The minimum Gasteiger partial charge on any atom is -0.550 e. The van der Waals surface area contributed by atoms with Crippen molar-refractivity contribution in [2.24, 2.45) is 0 Å². The van der Waals surface area contributed by atoms with Gasteiger partial charge in [-0.25, -0.2) is 0 Å². The molecule has 0 heterocycles. The zero-order valence-electron chi connectivity index (χ0n) is 10.2. The molecular weight excluding hydrogens is 218 g/mol. The molecule has 0 saturated carbocycles. The Morgan fingerprint density at radius 1 is 1.29 bits per heavy atom. The summed E-state index contributed by atoms with van der Waals surface area (Å²) in [5, 5.41) is 13.0. The van der Waals surface area contributed by atoms with Crippen LogP contribution in [0.25, 0.3) is 0 Å². The van der Waals surface area contributed by atoms with E-state index in [4.69, 9.17) is 0 Å². The first kappa shape index (κ1) is 13.7. The zero-order chi connectivity index (χ0) is 12.5. The van der Waals surface area contributed by atoms with Crippen molar-refractivity contribution in [1.29, 1.82) is 0 Å². The Morgan fingerprint density at radius 3 is 2.76 bits per heavy atom. The maximum absolute atomic E-state index is 11.3. The third kappa shape index (κ3) is 6.76. The van der Waals surface area contributed by atoms with E-state index in [1.54, 1.807) is 0 Å². The predicted molar refractivity (Wildman–Crippen MR) is 63.0 cm³/mol. The first-order valence-corrected chi connectivity index (χ1v) is 6.33. The van der Waals surface area contributed by atoms with E-state index >= 15 is 0 Å². The Labute approximate surface area is 102 Å². The number of amides is 1. The molecule has 17 heavy (non-hydrogen) atoms. The van der Waals surface area contributed by atoms with Crippen molar-refractivity contribution >= 4 is 11.9 Å².